The molecule has 0 saturated carbocycles. The van der Waals surface area contributed by atoms with Crippen LogP contribution in [-0.4, -0.2) is 26.1 Å². The molecule has 0 aliphatic heterocycles. The van der Waals surface area contributed by atoms with Crippen molar-refractivity contribution in [3.8, 4) is 5.75 Å². The van der Waals surface area contributed by atoms with E-state index in [-0.39, 0.29) is 11.3 Å². The molecule has 140 valence electrons. The summed E-state index contributed by atoms with van der Waals surface area (Å²) < 4.78 is 5.33. The van der Waals surface area contributed by atoms with Gasteiger partial charge in [0.25, 0.3) is 0 Å². The summed E-state index contributed by atoms with van der Waals surface area (Å²) in [5.74, 6) is 0.919. The van der Waals surface area contributed by atoms with Gasteiger partial charge in [0.05, 0.1) is 7.11 Å². The number of hydrogen-bond donors (Lipinski definition) is 2. The molecule has 0 fully saturated rings. The first kappa shape index (κ1) is 19.8. The highest BCUT2D eigenvalue weighted by Crippen LogP contribution is 2.29. The van der Waals surface area contributed by atoms with Gasteiger partial charge in [-0.05, 0) is 35.1 Å². The first-order chi connectivity index (χ1) is 12.4. The SMILES string of the molecule is COc1ccccc1CCNC(=O)CCNc1ccccc1C(C)(C)C. The maximum Gasteiger partial charge on any atom is 0.221 e. The summed E-state index contributed by atoms with van der Waals surface area (Å²) in [6.07, 6.45) is 1.21. The van der Waals surface area contributed by atoms with Gasteiger partial charge in [-0.15, -0.1) is 0 Å². The second-order valence-corrected chi connectivity index (χ2v) is 7.38. The molecule has 1 amide bonds. The van der Waals surface area contributed by atoms with Crippen molar-refractivity contribution in [1.82, 2.24) is 5.32 Å². The minimum atomic E-state index is 0.0561. The number of carbonyl (C=O) groups excluding carboxylic acids is 1. The first-order valence-electron chi connectivity index (χ1n) is 9.14. The smallest absolute Gasteiger partial charge is 0.221 e. The molecule has 0 aliphatic carbocycles. The monoisotopic (exact) mass is 354 g/mol. The van der Waals surface area contributed by atoms with E-state index in [1.807, 2.05) is 30.3 Å². The number of rotatable bonds is 8. The Morgan fingerprint density at radius 1 is 1.00 bits per heavy atom. The number of amides is 1. The van der Waals surface area contributed by atoms with E-state index in [0.717, 1.165) is 23.4 Å². The van der Waals surface area contributed by atoms with Gasteiger partial charge >= 0.3 is 0 Å². The molecule has 0 unspecified atom stereocenters. The molecule has 0 atom stereocenters. The zero-order chi connectivity index (χ0) is 19.0. The van der Waals surface area contributed by atoms with E-state index in [0.29, 0.717) is 19.5 Å². The van der Waals surface area contributed by atoms with Crippen molar-refractivity contribution in [2.45, 2.75) is 39.0 Å². The molecule has 2 N–H and O–H groups in total. The Balaban J connectivity index is 1.76. The van der Waals surface area contributed by atoms with Crippen molar-refractivity contribution in [3.63, 3.8) is 0 Å². The lowest BCUT2D eigenvalue weighted by Crippen LogP contribution is -2.27. The fraction of sp³-hybridized carbons (Fsp3) is 0.409. The molecule has 0 radical (unpaired) electrons. The number of anilines is 1. The second kappa shape index (κ2) is 9.27. The molecule has 26 heavy (non-hydrogen) atoms. The standard InChI is InChI=1S/C22H30N2O2/c1-22(2,3)18-10-6-7-11-19(18)23-16-14-21(25)24-15-13-17-9-5-8-12-20(17)26-4/h5-12,23H,13-16H2,1-4H3,(H,24,25). The van der Waals surface area contributed by atoms with Crippen molar-refractivity contribution >= 4 is 11.6 Å². The van der Waals surface area contributed by atoms with E-state index >= 15 is 0 Å². The third-order valence-electron chi connectivity index (χ3n) is 4.31. The van der Waals surface area contributed by atoms with Crippen LogP contribution in [0, 0.1) is 0 Å². The van der Waals surface area contributed by atoms with E-state index < -0.39 is 0 Å². The van der Waals surface area contributed by atoms with E-state index in [1.54, 1.807) is 7.11 Å². The fourth-order valence-corrected chi connectivity index (χ4v) is 2.94. The van der Waals surface area contributed by atoms with Crippen LogP contribution in [-0.2, 0) is 16.6 Å². The maximum absolute atomic E-state index is 12.1. The summed E-state index contributed by atoms with van der Waals surface area (Å²) in [4.78, 5) is 12.1. The third-order valence-corrected chi connectivity index (χ3v) is 4.31. The largest absolute Gasteiger partial charge is 0.496 e. The molecule has 0 heterocycles. The van der Waals surface area contributed by atoms with Crippen LogP contribution in [0.5, 0.6) is 5.75 Å². The molecular weight excluding hydrogens is 324 g/mol. The van der Waals surface area contributed by atoms with Gasteiger partial charge in [0, 0.05) is 25.2 Å². The van der Waals surface area contributed by atoms with Gasteiger partial charge in [0.2, 0.25) is 5.91 Å². The predicted molar refractivity (Wildman–Crippen MR) is 108 cm³/mol. The summed E-state index contributed by atoms with van der Waals surface area (Å²) in [7, 11) is 1.67. The van der Waals surface area contributed by atoms with E-state index in [9.17, 15) is 4.79 Å². The lowest BCUT2D eigenvalue weighted by molar-refractivity contribution is -0.120. The summed E-state index contributed by atoms with van der Waals surface area (Å²) in [5, 5.41) is 6.38. The van der Waals surface area contributed by atoms with E-state index in [2.05, 4.69) is 49.6 Å². The molecule has 2 rings (SSSR count). The number of nitrogens with one attached hydrogen (secondary N) is 2. The van der Waals surface area contributed by atoms with Gasteiger partial charge in [0.15, 0.2) is 0 Å². The zero-order valence-electron chi connectivity index (χ0n) is 16.3. The summed E-state index contributed by atoms with van der Waals surface area (Å²) in [6, 6.07) is 16.2. The maximum atomic E-state index is 12.1. The number of hydrogen-bond acceptors (Lipinski definition) is 3. The fourth-order valence-electron chi connectivity index (χ4n) is 2.94. The Bertz CT molecular complexity index is 720. The highest BCUT2D eigenvalue weighted by atomic mass is 16.5. The van der Waals surface area contributed by atoms with Crippen LogP contribution in [0.2, 0.25) is 0 Å². The molecule has 2 aromatic rings. The van der Waals surface area contributed by atoms with Crippen LogP contribution in [0.15, 0.2) is 48.5 Å². The Labute approximate surface area is 157 Å². The number of benzene rings is 2. The Hall–Kier alpha value is -2.49. The first-order valence-corrected chi connectivity index (χ1v) is 9.14. The zero-order valence-corrected chi connectivity index (χ0v) is 16.3. The van der Waals surface area contributed by atoms with Gasteiger partial charge in [-0.2, -0.15) is 0 Å². The molecule has 4 heteroatoms. The molecule has 0 aliphatic rings. The molecule has 2 aromatic carbocycles. The number of para-hydroxylation sites is 2. The number of methoxy groups -OCH3 is 1. The van der Waals surface area contributed by atoms with Crippen molar-refractivity contribution in [2.24, 2.45) is 0 Å². The Morgan fingerprint density at radius 2 is 1.69 bits per heavy atom. The van der Waals surface area contributed by atoms with Crippen LogP contribution in [0.4, 0.5) is 5.69 Å². The van der Waals surface area contributed by atoms with Crippen LogP contribution in [0.1, 0.15) is 38.3 Å². The molecule has 0 saturated heterocycles. The average molecular weight is 354 g/mol. The Morgan fingerprint density at radius 3 is 2.42 bits per heavy atom. The summed E-state index contributed by atoms with van der Waals surface area (Å²) in [6.45, 7) is 7.81. The van der Waals surface area contributed by atoms with Gasteiger partial charge in [-0.3, -0.25) is 4.79 Å². The highest BCUT2D eigenvalue weighted by Gasteiger charge is 2.17. The van der Waals surface area contributed by atoms with Gasteiger partial charge in [0.1, 0.15) is 5.75 Å². The van der Waals surface area contributed by atoms with Gasteiger partial charge in [-0.1, -0.05) is 57.2 Å². The average Bonchev–Trinajstić information content (AvgIpc) is 2.61. The normalized spacial score (nSPS) is 11.1. The topological polar surface area (TPSA) is 50.4 Å². The molecule has 0 spiro atoms. The second-order valence-electron chi connectivity index (χ2n) is 7.38. The lowest BCUT2D eigenvalue weighted by Gasteiger charge is -2.23. The van der Waals surface area contributed by atoms with Crippen LogP contribution >= 0.6 is 0 Å². The molecule has 0 aromatic heterocycles. The quantitative estimate of drug-likeness (QED) is 0.749. The minimum absolute atomic E-state index is 0.0561. The van der Waals surface area contributed by atoms with Gasteiger partial charge < -0.3 is 15.4 Å². The molecular formula is C22H30N2O2. The number of ether oxygens (including phenoxy) is 1. The van der Waals surface area contributed by atoms with Crippen LogP contribution < -0.4 is 15.4 Å². The van der Waals surface area contributed by atoms with Crippen molar-refractivity contribution in [2.75, 3.05) is 25.5 Å². The summed E-state index contributed by atoms with van der Waals surface area (Å²) >= 11 is 0. The van der Waals surface area contributed by atoms with E-state index in [4.69, 9.17) is 4.74 Å². The molecule has 4 nitrogen and oxygen atoms in total. The summed E-state index contributed by atoms with van der Waals surface area (Å²) in [5.41, 5.74) is 3.53. The lowest BCUT2D eigenvalue weighted by atomic mass is 9.86. The van der Waals surface area contributed by atoms with E-state index in [1.165, 1.54) is 5.56 Å². The van der Waals surface area contributed by atoms with Crippen LogP contribution in [0.25, 0.3) is 0 Å². The minimum Gasteiger partial charge on any atom is -0.496 e. The van der Waals surface area contributed by atoms with Crippen molar-refractivity contribution in [3.05, 3.63) is 59.7 Å². The van der Waals surface area contributed by atoms with Gasteiger partial charge in [-0.25, -0.2) is 0 Å². The third kappa shape index (κ3) is 5.80. The van der Waals surface area contributed by atoms with Crippen LogP contribution in [0.3, 0.4) is 0 Å². The Kier molecular flexibility index (Phi) is 7.07. The molecule has 0 bridgehead atoms. The highest BCUT2D eigenvalue weighted by molar-refractivity contribution is 5.76. The van der Waals surface area contributed by atoms with Crippen molar-refractivity contribution in [1.29, 1.82) is 0 Å². The predicted octanol–water partition coefficient (Wildman–Crippen LogP) is 4.15. The number of carbonyl (C=O) groups is 1. The van der Waals surface area contributed by atoms with Crippen molar-refractivity contribution < 1.29 is 9.53 Å².